The summed E-state index contributed by atoms with van der Waals surface area (Å²) in [6.07, 6.45) is -0.394. The van der Waals surface area contributed by atoms with E-state index in [4.69, 9.17) is 16.2 Å². The predicted molar refractivity (Wildman–Crippen MR) is 212 cm³/mol. The van der Waals surface area contributed by atoms with E-state index < -0.39 is 114 Å². The van der Waals surface area contributed by atoms with E-state index in [0.29, 0.717) is 0 Å². The van der Waals surface area contributed by atoms with Crippen molar-refractivity contribution in [1.82, 2.24) is 15.0 Å². The summed E-state index contributed by atoms with van der Waals surface area (Å²) in [6.45, 7) is -0.843. The van der Waals surface area contributed by atoms with Crippen LogP contribution in [0.4, 0.5) is 34.6 Å². The number of aromatic nitrogens is 3. The molecule has 4 aromatic carbocycles. The van der Waals surface area contributed by atoms with Crippen molar-refractivity contribution in [2.24, 2.45) is 20.5 Å². The molecule has 5 aromatic rings. The molecule has 1 aromatic heterocycles. The van der Waals surface area contributed by atoms with Gasteiger partial charge in [0, 0.05) is 29.8 Å². The summed E-state index contributed by atoms with van der Waals surface area (Å²) < 4.78 is 127. The van der Waals surface area contributed by atoms with Crippen LogP contribution in [0.5, 0.6) is 5.75 Å². The van der Waals surface area contributed by atoms with Crippen molar-refractivity contribution in [2.45, 2.75) is 14.7 Å². The molecule has 0 saturated carbocycles. The summed E-state index contributed by atoms with van der Waals surface area (Å²) in [5, 5.41) is 38.5. The topological polar surface area (TPSA) is 367 Å². The van der Waals surface area contributed by atoms with E-state index in [1.54, 1.807) is 18.2 Å². The molecular weight excluding hydrogens is 1050 g/mol. The summed E-state index contributed by atoms with van der Waals surface area (Å²) >= 11 is 6.15. The zero-order valence-electron chi connectivity index (χ0n) is 34.7. The second-order valence-corrected chi connectivity index (χ2v) is 18.2. The Morgan fingerprint density at radius 2 is 1.34 bits per heavy atom. The summed E-state index contributed by atoms with van der Waals surface area (Å²) in [7, 11) is -17.3. The number of benzene rings is 4. The predicted octanol–water partition coefficient (Wildman–Crippen LogP) is -3.95. The van der Waals surface area contributed by atoms with Gasteiger partial charge < -0.3 is 20.4 Å². The fraction of sp³-hybridized carbons (Fsp3) is 0.0938. The van der Waals surface area contributed by atoms with Crippen LogP contribution in [-0.4, -0.2) is 97.9 Å². The Balaban J connectivity index is 0.00000845. The van der Waals surface area contributed by atoms with Crippen LogP contribution in [0, 0.1) is 6.17 Å². The van der Waals surface area contributed by atoms with Gasteiger partial charge in [0.05, 0.1) is 44.5 Å². The maximum absolute atomic E-state index is 12.6. The van der Waals surface area contributed by atoms with Gasteiger partial charge >= 0.3 is 106 Å². The number of aromatic hydroxyl groups is 1. The van der Waals surface area contributed by atoms with Gasteiger partial charge in [0.2, 0.25) is 17.2 Å². The third-order valence-corrected chi connectivity index (χ3v) is 11.7. The van der Waals surface area contributed by atoms with Crippen molar-refractivity contribution in [1.29, 1.82) is 0 Å². The summed E-state index contributed by atoms with van der Waals surface area (Å²) in [4.78, 5) is 23.5. The van der Waals surface area contributed by atoms with Crippen LogP contribution in [0.2, 0.25) is 5.28 Å². The summed E-state index contributed by atoms with van der Waals surface area (Å²) in [5.74, 6) is -3.70. The number of phenolic OH excluding ortho intramolecular Hbond substituents is 1. The van der Waals surface area contributed by atoms with E-state index in [1.807, 2.05) is 0 Å². The first-order valence-corrected chi connectivity index (χ1v) is 22.5. The van der Waals surface area contributed by atoms with E-state index in [0.717, 1.165) is 30.3 Å². The average molecular weight is 1070 g/mol. The number of aromatic carboxylic acids is 1. The molecule has 0 aliphatic carbocycles. The van der Waals surface area contributed by atoms with Gasteiger partial charge in [-0.15, -0.1) is 17.7 Å². The number of halogens is 1. The number of hydrogen-bond acceptors (Lipinski definition) is 20. The zero-order valence-corrected chi connectivity index (χ0v) is 44.7. The van der Waals surface area contributed by atoms with E-state index in [2.05, 4.69) is 44.9 Å². The van der Waals surface area contributed by atoms with Crippen LogP contribution in [0.25, 0.3) is 0 Å². The Morgan fingerprint density at radius 1 is 0.785 bits per heavy atom. The number of anilines is 4. The van der Waals surface area contributed by atoms with Gasteiger partial charge in [-0.3, -0.25) is 13.7 Å². The molecule has 0 aliphatic rings. The Bertz CT molecular complexity index is 3030. The van der Waals surface area contributed by atoms with Crippen molar-refractivity contribution in [3.8, 4) is 5.75 Å². The van der Waals surface area contributed by atoms with E-state index in [-0.39, 0.29) is 129 Å². The first-order chi connectivity index (χ1) is 28.4. The zero-order chi connectivity index (χ0) is 44.9. The van der Waals surface area contributed by atoms with Gasteiger partial charge in [-0.1, -0.05) is 6.07 Å². The molecule has 0 fully saturated rings. The number of carbonyl (C=O) groups is 1. The van der Waals surface area contributed by atoms with Gasteiger partial charge in [-0.2, -0.15) is 72.8 Å². The average Bonchev–Trinajstić information content (AvgIpc) is 3.17. The fourth-order valence-electron chi connectivity index (χ4n) is 4.80. The van der Waals surface area contributed by atoms with Crippen LogP contribution in [0.3, 0.4) is 0 Å². The molecule has 1 radical (unpaired) electrons. The van der Waals surface area contributed by atoms with Gasteiger partial charge in [-0.25, -0.2) is 17.4 Å². The normalized spacial score (nSPS) is 11.7. The molecule has 33 heteroatoms. The molecule has 0 saturated heterocycles. The molecule has 6 N–H and O–H groups in total. The minimum absolute atomic E-state index is 0. The molecule has 0 spiro atoms. The maximum Gasteiger partial charge on any atom is 1.00 e. The van der Waals surface area contributed by atoms with Crippen LogP contribution in [-0.2, 0) is 61.7 Å². The number of sulfone groups is 1. The van der Waals surface area contributed by atoms with Crippen LogP contribution >= 0.6 is 11.6 Å². The van der Waals surface area contributed by atoms with Gasteiger partial charge in [0.1, 0.15) is 11.4 Å². The fourth-order valence-corrected chi connectivity index (χ4v) is 7.47. The SMILES string of the molecule is CN(c1ccc(S(=O)(=O)CCOS(=O)(=O)O)cc1)c1nc(Cl)nc(Nc2cc(S(=O)(=O)O)cc(N=N[C-](N=Nc3cc(S(=O)(=O)O)ccc3C(=O)O)c3ccccc3)c2O)n1.[Cu].[H+].[Na+].[Na+].[Na+]. The monoisotopic (exact) mass is 1070 g/mol. The van der Waals surface area contributed by atoms with Crippen LogP contribution in [0.1, 0.15) is 17.3 Å². The molecular formula is C32H28ClCuN9Na3O15S4+3. The summed E-state index contributed by atoms with van der Waals surface area (Å²) in [6, 6.07) is 16.6. The Hall–Kier alpha value is -2.72. The first kappa shape index (κ1) is 60.3. The van der Waals surface area contributed by atoms with E-state index in [1.165, 1.54) is 48.3 Å². The molecule has 1 heterocycles. The van der Waals surface area contributed by atoms with Gasteiger partial charge in [0.25, 0.3) is 20.2 Å². The molecule has 333 valence electrons. The third kappa shape index (κ3) is 17.1. The molecule has 0 amide bonds. The molecule has 0 unspecified atom stereocenters. The number of azo groups is 2. The third-order valence-electron chi connectivity index (χ3n) is 7.71. The molecule has 5 rings (SSSR count). The molecule has 0 atom stereocenters. The standard InChI is InChI=1S/C32H27ClN9O15S4.Cu.3Na/c1-42(19-7-9-20(10-8-19)58(46,47)14-13-57-61(54,55)56)32-36-30(33)35-31(37-32)34-25-16-22(60(51,52)53)17-26(27(25)43)39-41-28(18-5-3-2-4-6-18)40-38-24-15-21(59(48,49)50)11-12-23(24)29(44)45;;;;/h2-12,15-17,43H,13-14H2,1H3,(H,44,45)(H,48,49,50)(H,51,52,53)(H,54,55,56)(H,34,35,36,37);;;;/q-1;;3*+1/p+1. The number of carboxylic acid groups (broad SMARTS) is 1. The van der Waals surface area contributed by atoms with Crippen molar-refractivity contribution in [3.05, 3.63) is 108 Å². The summed E-state index contributed by atoms with van der Waals surface area (Å²) in [5.41, 5.74) is -1.67. The number of rotatable bonds is 17. The molecule has 0 bridgehead atoms. The van der Waals surface area contributed by atoms with Gasteiger partial charge in [-0.05, 0) is 66.2 Å². The second kappa shape index (κ2) is 25.1. The van der Waals surface area contributed by atoms with Crippen molar-refractivity contribution < 1.29 is 174 Å². The van der Waals surface area contributed by atoms with Crippen molar-refractivity contribution in [2.75, 3.05) is 29.6 Å². The maximum atomic E-state index is 12.6. The van der Waals surface area contributed by atoms with Gasteiger partial charge in [0.15, 0.2) is 15.6 Å². The molecule has 65 heavy (non-hydrogen) atoms. The first-order valence-electron chi connectivity index (χ1n) is 16.2. The van der Waals surface area contributed by atoms with Crippen molar-refractivity contribution in [3.63, 3.8) is 0 Å². The second-order valence-electron chi connectivity index (χ2n) is 11.8. The number of carboxylic acids is 1. The molecule has 0 aliphatic heterocycles. The minimum Gasteiger partial charge on any atom is -0.504 e. The molecule has 24 nitrogen and oxygen atoms in total. The Kier molecular flexibility index (Phi) is 23.2. The largest absolute Gasteiger partial charge is 1.00 e. The van der Waals surface area contributed by atoms with Crippen LogP contribution in [0.15, 0.2) is 120 Å². The Labute approximate surface area is 454 Å². The minimum atomic E-state index is -5.02. The Morgan fingerprint density at radius 3 is 1.89 bits per heavy atom. The van der Waals surface area contributed by atoms with Crippen molar-refractivity contribution >= 4 is 92.7 Å². The number of nitrogens with zero attached hydrogens (tertiary/aromatic N) is 8. The van der Waals surface area contributed by atoms with Crippen LogP contribution < -0.4 is 98.9 Å². The number of hydrogen-bond donors (Lipinski definition) is 6. The van der Waals surface area contributed by atoms with E-state index in [9.17, 15) is 57.8 Å². The number of nitrogens with one attached hydrogen (secondary N) is 1. The quantitative estimate of drug-likeness (QED) is 0.0170. The number of phenols is 1. The smallest absolute Gasteiger partial charge is 0.504 e. The van der Waals surface area contributed by atoms with E-state index >= 15 is 0 Å².